The maximum atomic E-state index is 13.3. The third-order valence-electron chi connectivity index (χ3n) is 2.13. The van der Waals surface area contributed by atoms with Crippen molar-refractivity contribution in [2.24, 2.45) is 0 Å². The van der Waals surface area contributed by atoms with Crippen LogP contribution < -0.4 is 0 Å². The van der Waals surface area contributed by atoms with Crippen LogP contribution in [0.2, 0.25) is 5.02 Å². The predicted octanol–water partition coefficient (Wildman–Crippen LogP) is 2.42. The van der Waals surface area contributed by atoms with Gasteiger partial charge >= 0.3 is 0 Å². The van der Waals surface area contributed by atoms with Crippen LogP contribution in [0.3, 0.4) is 0 Å². The first kappa shape index (κ1) is 12.4. The molecule has 2 nitrogen and oxygen atoms in total. The maximum Gasteiger partial charge on any atom is 0.127 e. The van der Waals surface area contributed by atoms with Crippen molar-refractivity contribution < 1.29 is 14.2 Å². The number of aliphatic hydroxyl groups is 1. The summed E-state index contributed by atoms with van der Waals surface area (Å²) in [5.74, 6) is -0.376. The van der Waals surface area contributed by atoms with E-state index in [1.54, 1.807) is 19.2 Å². The Morgan fingerprint density at radius 2 is 2.27 bits per heavy atom. The number of aliphatic hydroxyl groups excluding tert-OH is 1. The van der Waals surface area contributed by atoms with E-state index in [2.05, 4.69) is 0 Å². The normalized spacial score (nSPS) is 12.8. The van der Waals surface area contributed by atoms with Crippen molar-refractivity contribution in [2.75, 3.05) is 13.7 Å². The van der Waals surface area contributed by atoms with E-state index < -0.39 is 6.10 Å². The van der Waals surface area contributed by atoms with Gasteiger partial charge in [0.1, 0.15) is 5.82 Å². The monoisotopic (exact) mass is 232 g/mol. The molecular weight excluding hydrogens is 219 g/mol. The molecule has 15 heavy (non-hydrogen) atoms. The summed E-state index contributed by atoms with van der Waals surface area (Å²) in [6.45, 7) is 0.469. The summed E-state index contributed by atoms with van der Waals surface area (Å²) in [5, 5.41) is 9.91. The number of benzene rings is 1. The zero-order valence-electron chi connectivity index (χ0n) is 8.54. The molecule has 1 aromatic carbocycles. The Balaban J connectivity index is 2.56. The largest absolute Gasteiger partial charge is 0.393 e. The molecule has 0 radical (unpaired) electrons. The Bertz CT molecular complexity index is 317. The third-order valence-corrected chi connectivity index (χ3v) is 2.36. The summed E-state index contributed by atoms with van der Waals surface area (Å²) in [7, 11) is 1.57. The van der Waals surface area contributed by atoms with Crippen molar-refractivity contribution in [3.05, 3.63) is 34.6 Å². The molecular formula is C11H14ClFO2. The number of rotatable bonds is 5. The molecule has 84 valence electrons. The van der Waals surface area contributed by atoms with Crippen LogP contribution in [0.25, 0.3) is 0 Å². The first-order chi connectivity index (χ1) is 7.13. The lowest BCUT2D eigenvalue weighted by Crippen LogP contribution is -2.13. The summed E-state index contributed by atoms with van der Waals surface area (Å²) in [6.07, 6.45) is 0.200. The lowest BCUT2D eigenvalue weighted by atomic mass is 10.1. The predicted molar refractivity (Wildman–Crippen MR) is 57.6 cm³/mol. The number of methoxy groups -OCH3 is 1. The summed E-state index contributed by atoms with van der Waals surface area (Å²) >= 11 is 5.61. The molecule has 0 saturated heterocycles. The second kappa shape index (κ2) is 6.05. The Morgan fingerprint density at radius 3 is 2.87 bits per heavy atom. The lowest BCUT2D eigenvalue weighted by molar-refractivity contribution is 0.109. The average molecular weight is 233 g/mol. The Labute approximate surface area is 93.6 Å². The molecule has 0 bridgehead atoms. The van der Waals surface area contributed by atoms with E-state index in [1.165, 1.54) is 6.07 Å². The second-order valence-electron chi connectivity index (χ2n) is 3.38. The summed E-state index contributed by atoms with van der Waals surface area (Å²) in [5.41, 5.74) is 0.475. The molecule has 0 saturated carbocycles. The van der Waals surface area contributed by atoms with Crippen molar-refractivity contribution in [1.82, 2.24) is 0 Å². The minimum Gasteiger partial charge on any atom is -0.393 e. The van der Waals surface area contributed by atoms with Crippen LogP contribution >= 0.6 is 11.6 Å². The molecule has 0 fully saturated rings. The van der Waals surface area contributed by atoms with Crippen LogP contribution in [0.4, 0.5) is 4.39 Å². The quantitative estimate of drug-likeness (QED) is 0.845. The molecule has 1 aromatic rings. The van der Waals surface area contributed by atoms with Gasteiger partial charge in [-0.3, -0.25) is 0 Å². The molecule has 0 aromatic heterocycles. The van der Waals surface area contributed by atoms with Gasteiger partial charge < -0.3 is 9.84 Å². The molecule has 0 heterocycles. The van der Waals surface area contributed by atoms with Crippen LogP contribution in [0.1, 0.15) is 12.0 Å². The van der Waals surface area contributed by atoms with E-state index in [4.69, 9.17) is 16.3 Å². The van der Waals surface area contributed by atoms with Crippen molar-refractivity contribution in [3.8, 4) is 0 Å². The van der Waals surface area contributed by atoms with E-state index in [0.29, 0.717) is 23.6 Å². The highest BCUT2D eigenvalue weighted by atomic mass is 35.5. The Morgan fingerprint density at radius 1 is 1.53 bits per heavy atom. The highest BCUT2D eigenvalue weighted by Gasteiger charge is 2.09. The molecule has 0 aliphatic rings. The fraction of sp³-hybridized carbons (Fsp3) is 0.455. The van der Waals surface area contributed by atoms with Gasteiger partial charge in [0, 0.05) is 25.2 Å². The van der Waals surface area contributed by atoms with E-state index in [0.717, 1.165) is 0 Å². The Kier molecular flexibility index (Phi) is 5.02. The van der Waals surface area contributed by atoms with Crippen LogP contribution in [-0.4, -0.2) is 24.9 Å². The molecule has 1 N–H and O–H groups in total. The van der Waals surface area contributed by atoms with Crippen molar-refractivity contribution in [3.63, 3.8) is 0 Å². The average Bonchev–Trinajstić information content (AvgIpc) is 2.19. The van der Waals surface area contributed by atoms with Crippen molar-refractivity contribution >= 4 is 11.6 Å². The van der Waals surface area contributed by atoms with Gasteiger partial charge in [0.25, 0.3) is 0 Å². The van der Waals surface area contributed by atoms with Gasteiger partial charge in [-0.25, -0.2) is 4.39 Å². The standard InChI is InChI=1S/C11H14ClFO2/c1-15-5-4-10(14)6-8-2-3-9(12)7-11(8)13/h2-3,7,10,14H,4-6H2,1H3. The van der Waals surface area contributed by atoms with Gasteiger partial charge in [-0.05, 0) is 24.1 Å². The van der Waals surface area contributed by atoms with Gasteiger partial charge in [0.05, 0.1) is 6.10 Å². The Hall–Kier alpha value is -0.640. The topological polar surface area (TPSA) is 29.5 Å². The fourth-order valence-corrected chi connectivity index (χ4v) is 1.46. The van der Waals surface area contributed by atoms with E-state index in [9.17, 15) is 9.50 Å². The number of halogens is 2. The first-order valence-corrected chi connectivity index (χ1v) is 5.12. The first-order valence-electron chi connectivity index (χ1n) is 4.74. The molecule has 0 amide bonds. The number of hydrogen-bond donors (Lipinski definition) is 1. The molecule has 4 heteroatoms. The molecule has 1 unspecified atom stereocenters. The molecule has 0 aliphatic carbocycles. The minimum absolute atomic E-state index is 0.284. The lowest BCUT2D eigenvalue weighted by Gasteiger charge is -2.10. The molecule has 0 spiro atoms. The zero-order chi connectivity index (χ0) is 11.3. The van der Waals surface area contributed by atoms with Crippen LogP contribution in [-0.2, 0) is 11.2 Å². The van der Waals surface area contributed by atoms with Crippen LogP contribution in [0, 0.1) is 5.82 Å². The third kappa shape index (κ3) is 4.16. The molecule has 1 atom stereocenters. The van der Waals surface area contributed by atoms with Gasteiger partial charge in [-0.2, -0.15) is 0 Å². The van der Waals surface area contributed by atoms with E-state index in [1.807, 2.05) is 0 Å². The SMILES string of the molecule is COCCC(O)Cc1ccc(Cl)cc1F. The van der Waals surface area contributed by atoms with Gasteiger partial charge in [0.15, 0.2) is 0 Å². The van der Waals surface area contributed by atoms with Gasteiger partial charge in [0.2, 0.25) is 0 Å². The minimum atomic E-state index is -0.583. The van der Waals surface area contributed by atoms with Crippen molar-refractivity contribution in [2.45, 2.75) is 18.9 Å². The summed E-state index contributed by atoms with van der Waals surface area (Å²) in [6, 6.07) is 4.45. The number of ether oxygens (including phenoxy) is 1. The summed E-state index contributed by atoms with van der Waals surface area (Å²) in [4.78, 5) is 0. The zero-order valence-corrected chi connectivity index (χ0v) is 9.30. The highest BCUT2D eigenvalue weighted by Crippen LogP contribution is 2.16. The van der Waals surface area contributed by atoms with E-state index in [-0.39, 0.29) is 12.2 Å². The van der Waals surface area contributed by atoms with E-state index >= 15 is 0 Å². The second-order valence-corrected chi connectivity index (χ2v) is 3.81. The number of hydrogen-bond acceptors (Lipinski definition) is 2. The maximum absolute atomic E-state index is 13.3. The highest BCUT2D eigenvalue weighted by molar-refractivity contribution is 6.30. The van der Waals surface area contributed by atoms with Crippen LogP contribution in [0.5, 0.6) is 0 Å². The van der Waals surface area contributed by atoms with Gasteiger partial charge in [-0.15, -0.1) is 0 Å². The molecule has 1 rings (SSSR count). The fourth-order valence-electron chi connectivity index (χ4n) is 1.30. The molecule has 0 aliphatic heterocycles. The van der Waals surface area contributed by atoms with Gasteiger partial charge in [-0.1, -0.05) is 17.7 Å². The smallest absolute Gasteiger partial charge is 0.127 e. The van der Waals surface area contributed by atoms with Crippen LogP contribution in [0.15, 0.2) is 18.2 Å². The summed E-state index contributed by atoms with van der Waals surface area (Å²) < 4.78 is 18.1. The van der Waals surface area contributed by atoms with Crippen molar-refractivity contribution in [1.29, 1.82) is 0 Å².